The van der Waals surface area contributed by atoms with Crippen molar-refractivity contribution < 1.29 is 9.53 Å². The number of fused-ring (bicyclic) bond motifs is 1. The van der Waals surface area contributed by atoms with Crippen LogP contribution in [0.4, 0.5) is 0 Å². The maximum Gasteiger partial charge on any atom is 0.223 e. The van der Waals surface area contributed by atoms with Crippen molar-refractivity contribution >= 4 is 28.5 Å². The van der Waals surface area contributed by atoms with Crippen molar-refractivity contribution in [1.82, 2.24) is 14.5 Å². The first kappa shape index (κ1) is 19.5. The second kappa shape index (κ2) is 8.29. The van der Waals surface area contributed by atoms with Crippen LogP contribution in [0.3, 0.4) is 0 Å². The zero-order valence-electron chi connectivity index (χ0n) is 16.5. The fourth-order valence-electron chi connectivity index (χ4n) is 3.88. The lowest BCUT2D eigenvalue weighted by Crippen LogP contribution is -2.25. The van der Waals surface area contributed by atoms with Gasteiger partial charge in [-0.15, -0.1) is 6.58 Å². The van der Waals surface area contributed by atoms with E-state index >= 15 is 0 Å². The normalized spacial score (nSPS) is 16.6. The van der Waals surface area contributed by atoms with Gasteiger partial charge in [0, 0.05) is 30.5 Å². The number of benzene rings is 2. The molecule has 1 aromatic heterocycles. The highest BCUT2D eigenvalue weighted by Gasteiger charge is 2.33. The molecule has 0 N–H and O–H groups in total. The SMILES string of the molecule is C=CCN1CC(c2nc3ccccc3n2CCOc2ccc(Cl)c(C)c2)CC1=O. The topological polar surface area (TPSA) is 47.4 Å². The lowest BCUT2D eigenvalue weighted by Gasteiger charge is -2.16. The summed E-state index contributed by atoms with van der Waals surface area (Å²) in [5, 5.41) is 0.732. The van der Waals surface area contributed by atoms with Gasteiger partial charge in [0.2, 0.25) is 5.91 Å². The smallest absolute Gasteiger partial charge is 0.223 e. The second-order valence-corrected chi connectivity index (χ2v) is 7.77. The van der Waals surface area contributed by atoms with E-state index in [1.54, 1.807) is 6.08 Å². The number of rotatable bonds is 7. The van der Waals surface area contributed by atoms with Crippen LogP contribution in [0, 0.1) is 6.92 Å². The molecule has 2 aromatic carbocycles. The molecule has 3 aromatic rings. The van der Waals surface area contributed by atoms with Gasteiger partial charge in [0.05, 0.1) is 17.6 Å². The number of amides is 1. The van der Waals surface area contributed by atoms with Crippen molar-refractivity contribution in [1.29, 1.82) is 0 Å². The van der Waals surface area contributed by atoms with E-state index in [4.69, 9.17) is 21.3 Å². The number of halogens is 1. The maximum atomic E-state index is 12.3. The first-order valence-corrected chi connectivity index (χ1v) is 10.2. The number of aryl methyl sites for hydroxylation is 1. The number of hydrogen-bond acceptors (Lipinski definition) is 3. The van der Waals surface area contributed by atoms with Crippen LogP contribution in [0.15, 0.2) is 55.1 Å². The number of aromatic nitrogens is 2. The van der Waals surface area contributed by atoms with E-state index in [9.17, 15) is 4.79 Å². The van der Waals surface area contributed by atoms with Crippen LogP contribution in [-0.4, -0.2) is 40.1 Å². The Morgan fingerprint density at radius 1 is 1.31 bits per heavy atom. The molecule has 2 heterocycles. The summed E-state index contributed by atoms with van der Waals surface area (Å²) in [6.45, 7) is 8.12. The van der Waals surface area contributed by atoms with Crippen molar-refractivity contribution in [2.75, 3.05) is 19.7 Å². The molecule has 4 rings (SSSR count). The molecule has 1 unspecified atom stereocenters. The van der Waals surface area contributed by atoms with Crippen LogP contribution in [0.5, 0.6) is 5.75 Å². The van der Waals surface area contributed by atoms with Crippen LogP contribution in [0.2, 0.25) is 5.02 Å². The molecule has 150 valence electrons. The third-order valence-corrected chi connectivity index (χ3v) is 5.75. The summed E-state index contributed by atoms with van der Waals surface area (Å²) in [6.07, 6.45) is 2.25. The van der Waals surface area contributed by atoms with E-state index in [0.29, 0.717) is 32.7 Å². The van der Waals surface area contributed by atoms with Crippen molar-refractivity contribution in [2.24, 2.45) is 0 Å². The molecule has 0 radical (unpaired) electrons. The average molecular weight is 410 g/mol. The summed E-state index contributed by atoms with van der Waals surface area (Å²) < 4.78 is 8.15. The predicted octanol–water partition coefficient (Wildman–Crippen LogP) is 4.58. The van der Waals surface area contributed by atoms with Gasteiger partial charge in [0.15, 0.2) is 0 Å². The second-order valence-electron chi connectivity index (χ2n) is 7.36. The van der Waals surface area contributed by atoms with E-state index in [1.165, 1.54) is 0 Å². The summed E-state index contributed by atoms with van der Waals surface area (Å²) in [4.78, 5) is 19.0. The lowest BCUT2D eigenvalue weighted by molar-refractivity contribution is -0.127. The Morgan fingerprint density at radius 3 is 2.93 bits per heavy atom. The van der Waals surface area contributed by atoms with Crippen LogP contribution in [0.1, 0.15) is 23.7 Å². The molecule has 1 aliphatic rings. The summed E-state index contributed by atoms with van der Waals surface area (Å²) >= 11 is 6.10. The van der Waals surface area contributed by atoms with Crippen LogP contribution >= 0.6 is 11.6 Å². The van der Waals surface area contributed by atoms with E-state index in [0.717, 1.165) is 33.2 Å². The summed E-state index contributed by atoms with van der Waals surface area (Å²) in [7, 11) is 0. The van der Waals surface area contributed by atoms with Gasteiger partial charge in [0.1, 0.15) is 18.2 Å². The highest BCUT2D eigenvalue weighted by atomic mass is 35.5. The first-order chi connectivity index (χ1) is 14.1. The molecule has 1 fully saturated rings. The minimum absolute atomic E-state index is 0.0765. The molecule has 1 saturated heterocycles. The van der Waals surface area contributed by atoms with E-state index in [-0.39, 0.29) is 11.8 Å². The van der Waals surface area contributed by atoms with Crippen molar-refractivity contribution in [2.45, 2.75) is 25.8 Å². The number of likely N-dealkylation sites (tertiary alicyclic amines) is 1. The lowest BCUT2D eigenvalue weighted by atomic mass is 10.1. The van der Waals surface area contributed by atoms with Crippen LogP contribution in [0.25, 0.3) is 11.0 Å². The van der Waals surface area contributed by atoms with Crippen molar-refractivity contribution in [3.63, 3.8) is 0 Å². The number of ether oxygens (including phenoxy) is 1. The monoisotopic (exact) mass is 409 g/mol. The van der Waals surface area contributed by atoms with Crippen molar-refractivity contribution in [3.05, 3.63) is 71.5 Å². The molecule has 0 aliphatic carbocycles. The standard InChI is InChI=1S/C23H24ClN3O2/c1-3-10-26-15-17(14-22(26)28)23-25-20-6-4-5-7-21(20)27(23)11-12-29-18-8-9-19(24)16(2)13-18/h3-9,13,17H,1,10-12,14-15H2,2H3. The Morgan fingerprint density at radius 2 is 2.14 bits per heavy atom. The summed E-state index contributed by atoms with van der Waals surface area (Å²) in [5.74, 6) is 1.97. The number of para-hydroxylation sites is 2. The highest BCUT2D eigenvalue weighted by molar-refractivity contribution is 6.31. The third kappa shape index (κ3) is 4.01. The molecule has 1 amide bonds. The van der Waals surface area contributed by atoms with Crippen molar-refractivity contribution in [3.8, 4) is 5.75 Å². The molecule has 6 heteroatoms. The molecular formula is C23H24ClN3O2. The van der Waals surface area contributed by atoms with Crippen LogP contribution in [-0.2, 0) is 11.3 Å². The van der Waals surface area contributed by atoms with Gasteiger partial charge < -0.3 is 14.2 Å². The summed E-state index contributed by atoms with van der Waals surface area (Å²) in [5.41, 5.74) is 3.00. The van der Waals surface area contributed by atoms with Gasteiger partial charge >= 0.3 is 0 Å². The Bertz CT molecular complexity index is 1060. The Balaban J connectivity index is 1.56. The molecule has 1 aliphatic heterocycles. The molecule has 0 bridgehead atoms. The molecule has 29 heavy (non-hydrogen) atoms. The van der Waals surface area contributed by atoms with Crippen LogP contribution < -0.4 is 4.74 Å². The minimum atomic E-state index is 0.0765. The fourth-order valence-corrected chi connectivity index (χ4v) is 4.00. The van der Waals surface area contributed by atoms with Gasteiger partial charge in [0.25, 0.3) is 0 Å². The van der Waals surface area contributed by atoms with E-state index in [1.807, 2.05) is 48.2 Å². The largest absolute Gasteiger partial charge is 0.492 e. The van der Waals surface area contributed by atoms with E-state index in [2.05, 4.69) is 17.2 Å². The highest BCUT2D eigenvalue weighted by Crippen LogP contribution is 2.30. The third-order valence-electron chi connectivity index (χ3n) is 5.33. The number of hydrogen-bond donors (Lipinski definition) is 0. The molecule has 1 atom stereocenters. The number of carbonyl (C=O) groups is 1. The van der Waals surface area contributed by atoms with Gasteiger partial charge in [-0.3, -0.25) is 4.79 Å². The zero-order valence-corrected chi connectivity index (χ0v) is 17.2. The maximum absolute atomic E-state index is 12.3. The first-order valence-electron chi connectivity index (χ1n) is 9.79. The Kier molecular flexibility index (Phi) is 5.58. The number of nitrogens with zero attached hydrogens (tertiary/aromatic N) is 3. The fraction of sp³-hybridized carbons (Fsp3) is 0.304. The quantitative estimate of drug-likeness (QED) is 0.536. The number of carbonyl (C=O) groups excluding carboxylic acids is 1. The average Bonchev–Trinajstić information content (AvgIpc) is 3.26. The van der Waals surface area contributed by atoms with Gasteiger partial charge in [-0.1, -0.05) is 29.8 Å². The van der Waals surface area contributed by atoms with Gasteiger partial charge in [-0.25, -0.2) is 4.98 Å². The van der Waals surface area contributed by atoms with Gasteiger partial charge in [-0.2, -0.15) is 0 Å². The summed E-state index contributed by atoms with van der Waals surface area (Å²) in [6, 6.07) is 13.7. The Hall–Kier alpha value is -2.79. The molecule has 0 spiro atoms. The Labute approximate surface area is 175 Å². The zero-order chi connectivity index (χ0) is 20.4. The van der Waals surface area contributed by atoms with Gasteiger partial charge in [-0.05, 0) is 42.8 Å². The predicted molar refractivity (Wildman–Crippen MR) is 116 cm³/mol. The van der Waals surface area contributed by atoms with E-state index < -0.39 is 0 Å². The minimum Gasteiger partial charge on any atom is -0.492 e. The molecule has 0 saturated carbocycles. The molecular weight excluding hydrogens is 386 g/mol. The number of imidazole rings is 1. The molecule has 5 nitrogen and oxygen atoms in total.